The normalized spacial score (nSPS) is 13.1. The van der Waals surface area contributed by atoms with E-state index in [2.05, 4.69) is 9.91 Å². The molecule has 0 spiro atoms. The van der Waals surface area contributed by atoms with Crippen LogP contribution in [0.15, 0.2) is 23.4 Å². The second-order valence-corrected chi connectivity index (χ2v) is 2.24. The summed E-state index contributed by atoms with van der Waals surface area (Å²) in [5.74, 6) is 0.216. The van der Waals surface area contributed by atoms with Crippen LogP contribution in [-0.2, 0) is 4.76 Å². The molecular weight excluding hydrogens is 141 g/mol. The molecule has 3 nitrogen and oxygen atoms in total. The Morgan fingerprint density at radius 2 is 2.36 bits per heavy atom. The minimum Gasteiger partial charge on any atom is -0.508 e. The van der Waals surface area contributed by atoms with Crippen LogP contribution < -0.4 is 5.46 Å². The number of nitrogens with zero attached hydrogens (tertiary/aromatic N) is 1. The highest BCUT2D eigenvalue weighted by Crippen LogP contribution is 2.08. The summed E-state index contributed by atoms with van der Waals surface area (Å²) >= 11 is 0. The fourth-order valence-electron chi connectivity index (χ4n) is 0.982. The molecule has 1 aromatic rings. The molecule has 0 saturated carbocycles. The topological polar surface area (TPSA) is 41.8 Å². The van der Waals surface area contributed by atoms with E-state index in [1.165, 1.54) is 7.48 Å². The first-order valence-electron chi connectivity index (χ1n) is 3.22. The van der Waals surface area contributed by atoms with Gasteiger partial charge in [-0.3, -0.25) is 0 Å². The molecule has 1 aliphatic heterocycles. The quantitative estimate of drug-likeness (QED) is 0.523. The highest BCUT2D eigenvalue weighted by molar-refractivity contribution is 6.51. The minimum absolute atomic E-state index is 0.216. The lowest BCUT2D eigenvalue weighted by Crippen LogP contribution is -2.24. The minimum atomic E-state index is 0.216. The monoisotopic (exact) mass is 146 g/mol. The maximum atomic E-state index is 9.28. The Morgan fingerprint density at radius 1 is 1.45 bits per heavy atom. The van der Waals surface area contributed by atoms with Gasteiger partial charge in [0.2, 0.25) is 0 Å². The van der Waals surface area contributed by atoms with E-state index >= 15 is 0 Å². The third-order valence-corrected chi connectivity index (χ3v) is 1.54. The number of hydrogen-bond acceptors (Lipinski definition) is 3. The van der Waals surface area contributed by atoms with E-state index in [0.29, 0.717) is 5.46 Å². The molecule has 0 saturated heterocycles. The van der Waals surface area contributed by atoms with Gasteiger partial charge in [0.25, 0.3) is 0 Å². The smallest absolute Gasteiger partial charge is 0.453 e. The van der Waals surface area contributed by atoms with Crippen molar-refractivity contribution in [2.24, 2.45) is 5.16 Å². The summed E-state index contributed by atoms with van der Waals surface area (Å²) in [4.78, 5) is 0. The summed E-state index contributed by atoms with van der Waals surface area (Å²) in [6.45, 7) is 0. The molecule has 2 rings (SSSR count). The predicted octanol–water partition coefficient (Wildman–Crippen LogP) is 0.000800. The van der Waals surface area contributed by atoms with Crippen molar-refractivity contribution in [3.63, 3.8) is 0 Å². The molecule has 1 aliphatic rings. The number of rotatable bonds is 0. The lowest BCUT2D eigenvalue weighted by atomic mass is 9.83. The number of oxime groups is 1. The summed E-state index contributed by atoms with van der Waals surface area (Å²) in [7, 11) is 1.42. The summed E-state index contributed by atoms with van der Waals surface area (Å²) in [5, 5.41) is 12.9. The fourth-order valence-corrected chi connectivity index (χ4v) is 0.982. The lowest BCUT2D eigenvalue weighted by molar-refractivity contribution is 0.368. The molecule has 0 aliphatic carbocycles. The molecule has 1 N–H and O–H groups in total. The van der Waals surface area contributed by atoms with E-state index in [-0.39, 0.29) is 5.75 Å². The van der Waals surface area contributed by atoms with Crippen LogP contribution in [0.5, 0.6) is 5.75 Å². The van der Waals surface area contributed by atoms with Gasteiger partial charge in [-0.15, -0.1) is 5.16 Å². The van der Waals surface area contributed by atoms with Gasteiger partial charge in [0, 0.05) is 5.46 Å². The second-order valence-electron chi connectivity index (χ2n) is 2.24. The van der Waals surface area contributed by atoms with Gasteiger partial charge in [0.1, 0.15) is 5.75 Å². The van der Waals surface area contributed by atoms with Crippen molar-refractivity contribution in [1.82, 2.24) is 0 Å². The summed E-state index contributed by atoms with van der Waals surface area (Å²) in [6, 6.07) is 5.23. The van der Waals surface area contributed by atoms with E-state index in [9.17, 15) is 5.11 Å². The van der Waals surface area contributed by atoms with E-state index in [1.54, 1.807) is 18.3 Å². The van der Waals surface area contributed by atoms with Gasteiger partial charge in [0.05, 0.1) is 6.21 Å². The molecule has 1 aromatic carbocycles. The largest absolute Gasteiger partial charge is 0.508 e. The molecule has 0 atom stereocenters. The van der Waals surface area contributed by atoms with Crippen LogP contribution in [0.25, 0.3) is 0 Å². The lowest BCUT2D eigenvalue weighted by Gasteiger charge is -2.08. The number of benzene rings is 1. The Morgan fingerprint density at radius 3 is 3.18 bits per heavy atom. The third kappa shape index (κ3) is 0.961. The van der Waals surface area contributed by atoms with Crippen LogP contribution in [0.2, 0.25) is 0 Å². The van der Waals surface area contributed by atoms with Crippen molar-refractivity contribution in [3.05, 3.63) is 23.8 Å². The molecule has 4 heteroatoms. The Balaban J connectivity index is 2.60. The predicted molar refractivity (Wildman–Crippen MR) is 42.2 cm³/mol. The number of hydrogen-bond donors (Lipinski definition) is 1. The molecule has 53 valence electrons. The van der Waals surface area contributed by atoms with Gasteiger partial charge >= 0.3 is 7.48 Å². The third-order valence-electron chi connectivity index (χ3n) is 1.54. The SMILES string of the molecule is Oc1cccc2c1[B]ON=C2. The van der Waals surface area contributed by atoms with Crippen molar-refractivity contribution < 1.29 is 9.86 Å². The van der Waals surface area contributed by atoms with E-state index < -0.39 is 0 Å². The molecule has 0 fully saturated rings. The molecule has 0 unspecified atom stereocenters. The number of fused-ring (bicyclic) bond motifs is 1. The summed E-state index contributed by atoms with van der Waals surface area (Å²) in [6.07, 6.45) is 1.56. The van der Waals surface area contributed by atoms with Gasteiger partial charge in [-0.25, -0.2) is 0 Å². The molecule has 11 heavy (non-hydrogen) atoms. The maximum Gasteiger partial charge on any atom is 0.453 e. The molecule has 1 heterocycles. The number of phenols is 1. The summed E-state index contributed by atoms with van der Waals surface area (Å²) < 4.78 is 4.66. The average molecular weight is 146 g/mol. The van der Waals surface area contributed by atoms with E-state index in [0.717, 1.165) is 5.56 Å². The van der Waals surface area contributed by atoms with Crippen molar-refractivity contribution in [1.29, 1.82) is 0 Å². The van der Waals surface area contributed by atoms with Crippen LogP contribution in [0.4, 0.5) is 0 Å². The first kappa shape index (κ1) is 6.28. The Hall–Kier alpha value is -1.45. The van der Waals surface area contributed by atoms with Crippen LogP contribution >= 0.6 is 0 Å². The average Bonchev–Trinajstić information content (AvgIpc) is 2.06. The van der Waals surface area contributed by atoms with Crippen molar-refractivity contribution in [2.75, 3.05) is 0 Å². The zero-order valence-corrected chi connectivity index (χ0v) is 5.69. The second kappa shape index (κ2) is 2.30. The summed E-state index contributed by atoms with van der Waals surface area (Å²) in [5.41, 5.74) is 1.55. The van der Waals surface area contributed by atoms with Gasteiger partial charge < -0.3 is 9.86 Å². The zero-order valence-electron chi connectivity index (χ0n) is 5.69. The highest BCUT2D eigenvalue weighted by atomic mass is 16.6. The first-order valence-corrected chi connectivity index (χ1v) is 3.22. The molecule has 0 amide bonds. The van der Waals surface area contributed by atoms with E-state index in [1.807, 2.05) is 6.07 Å². The van der Waals surface area contributed by atoms with Crippen LogP contribution in [0.3, 0.4) is 0 Å². The van der Waals surface area contributed by atoms with Gasteiger partial charge in [-0.1, -0.05) is 12.1 Å². The number of aromatic hydroxyl groups is 1. The standard InChI is InChI=1S/C7H5BNO2/c10-6-3-1-2-5-4-9-11-8-7(5)6/h1-4,10H. The van der Waals surface area contributed by atoms with Gasteiger partial charge in [0.15, 0.2) is 0 Å². The van der Waals surface area contributed by atoms with Crippen LogP contribution in [0.1, 0.15) is 5.56 Å². The highest BCUT2D eigenvalue weighted by Gasteiger charge is 2.12. The van der Waals surface area contributed by atoms with Crippen molar-refractivity contribution in [2.45, 2.75) is 0 Å². The molecule has 1 radical (unpaired) electrons. The maximum absolute atomic E-state index is 9.28. The number of phenolic OH excluding ortho intramolecular Hbond substituents is 1. The van der Waals surface area contributed by atoms with Gasteiger partial charge in [-0.05, 0) is 11.6 Å². The molecule has 0 aromatic heterocycles. The Bertz CT molecular complexity index is 311. The zero-order chi connectivity index (χ0) is 7.68. The van der Waals surface area contributed by atoms with Crippen LogP contribution in [-0.4, -0.2) is 18.8 Å². The molecular formula is C7H5BNO2. The Labute approximate surface area is 64.6 Å². The Kier molecular flexibility index (Phi) is 1.32. The first-order chi connectivity index (χ1) is 5.38. The molecule has 0 bridgehead atoms. The fraction of sp³-hybridized carbons (Fsp3) is 0. The van der Waals surface area contributed by atoms with Crippen molar-refractivity contribution in [3.8, 4) is 5.75 Å². The van der Waals surface area contributed by atoms with Gasteiger partial charge in [-0.2, -0.15) is 0 Å². The van der Waals surface area contributed by atoms with Crippen LogP contribution in [0, 0.1) is 0 Å². The van der Waals surface area contributed by atoms with E-state index in [4.69, 9.17) is 0 Å². The van der Waals surface area contributed by atoms with Crippen molar-refractivity contribution >= 4 is 19.2 Å².